The number of amides is 2. The Kier molecular flexibility index (Phi) is 4.56. The van der Waals surface area contributed by atoms with E-state index in [2.05, 4.69) is 26.0 Å². The number of aromatic nitrogens is 3. The van der Waals surface area contributed by atoms with Crippen LogP contribution in [0.1, 0.15) is 36.1 Å². The number of carbonyl (C=O) groups is 3. The molecule has 29 heavy (non-hydrogen) atoms. The van der Waals surface area contributed by atoms with Crippen molar-refractivity contribution in [2.75, 3.05) is 10.6 Å². The van der Waals surface area contributed by atoms with Gasteiger partial charge in [0.25, 0.3) is 11.8 Å². The molecule has 3 heterocycles. The first kappa shape index (κ1) is 18.4. The van der Waals surface area contributed by atoms with Crippen LogP contribution in [0.2, 0.25) is 0 Å². The zero-order chi connectivity index (χ0) is 20.5. The van der Waals surface area contributed by atoms with Crippen LogP contribution in [0.5, 0.6) is 0 Å². The molecule has 146 valence electrons. The summed E-state index contributed by atoms with van der Waals surface area (Å²) in [5, 5.41) is 25.2. The van der Waals surface area contributed by atoms with Crippen molar-refractivity contribution in [1.29, 1.82) is 0 Å². The van der Waals surface area contributed by atoms with Gasteiger partial charge < -0.3 is 20.3 Å². The van der Waals surface area contributed by atoms with Crippen LogP contribution >= 0.6 is 11.3 Å². The summed E-state index contributed by atoms with van der Waals surface area (Å²) in [5.74, 6) is -1.41. The number of thiophene rings is 1. The van der Waals surface area contributed by atoms with Gasteiger partial charge in [-0.05, 0) is 25.1 Å². The number of hydrogen-bond donors (Lipinski definition) is 4. The number of anilines is 2. The van der Waals surface area contributed by atoms with Gasteiger partial charge in [0.1, 0.15) is 26.8 Å². The molecule has 4 aromatic rings. The quantitative estimate of drug-likeness (QED) is 0.394. The number of H-pyrrole nitrogens is 1. The van der Waals surface area contributed by atoms with Crippen molar-refractivity contribution in [2.45, 2.75) is 6.92 Å². The van der Waals surface area contributed by atoms with Crippen molar-refractivity contribution >= 4 is 50.8 Å². The first-order valence-corrected chi connectivity index (χ1v) is 9.10. The number of benzene rings is 1. The van der Waals surface area contributed by atoms with E-state index in [1.807, 2.05) is 0 Å². The molecule has 1 aromatic carbocycles. The molecule has 3 aromatic heterocycles. The Hall–Kier alpha value is -3.99. The molecule has 4 N–H and O–H groups in total. The lowest BCUT2D eigenvalue weighted by Crippen LogP contribution is -2.18. The van der Waals surface area contributed by atoms with E-state index in [0.717, 1.165) is 11.3 Å². The van der Waals surface area contributed by atoms with Crippen LogP contribution in [0.15, 0.2) is 41.1 Å². The minimum absolute atomic E-state index is 0.115. The Labute approximate surface area is 166 Å². The number of para-hydroxylation sites is 1. The normalized spacial score (nSPS) is 10.8. The fourth-order valence-corrected chi connectivity index (χ4v) is 3.52. The van der Waals surface area contributed by atoms with Gasteiger partial charge in [0.15, 0.2) is 0 Å². The van der Waals surface area contributed by atoms with Gasteiger partial charge in [-0.2, -0.15) is 5.10 Å². The molecule has 0 aliphatic heterocycles. The highest BCUT2D eigenvalue weighted by atomic mass is 32.1. The summed E-state index contributed by atoms with van der Waals surface area (Å²) < 4.78 is 4.89. The second-order valence-electron chi connectivity index (χ2n) is 5.98. The summed E-state index contributed by atoms with van der Waals surface area (Å²) in [7, 11) is 0. The smallest absolute Gasteiger partial charge is 0.345 e. The molecule has 0 atom stereocenters. The highest BCUT2D eigenvalue weighted by Gasteiger charge is 2.20. The molecule has 2 amide bonds. The van der Waals surface area contributed by atoms with Crippen LogP contribution in [0.3, 0.4) is 0 Å². The van der Waals surface area contributed by atoms with Crippen LogP contribution in [-0.2, 0) is 0 Å². The third kappa shape index (κ3) is 3.46. The van der Waals surface area contributed by atoms with E-state index >= 15 is 0 Å². The molecule has 0 fully saturated rings. The standard InChI is InChI=1S/C18H13N5O5S/c1-8-11(7-19-28-8)16(25)20-12-5-3-2-4-9(12)15(24)21-14-10-6-13(18(26)27)29-17(10)23-22-14/h2-7H,1H3,(H,20,25)(H,26,27)(H2,21,22,23,24). The number of nitrogens with zero attached hydrogens (tertiary/aromatic N) is 2. The summed E-state index contributed by atoms with van der Waals surface area (Å²) >= 11 is 0.995. The van der Waals surface area contributed by atoms with Crippen molar-refractivity contribution in [2.24, 2.45) is 0 Å². The maximum atomic E-state index is 12.8. The predicted molar refractivity (Wildman–Crippen MR) is 105 cm³/mol. The number of rotatable bonds is 5. The molecule has 0 unspecified atom stereocenters. The minimum Gasteiger partial charge on any atom is -0.477 e. The van der Waals surface area contributed by atoms with Crippen LogP contribution in [-0.4, -0.2) is 38.2 Å². The molecule has 0 aliphatic carbocycles. The van der Waals surface area contributed by atoms with Crippen molar-refractivity contribution in [3.8, 4) is 0 Å². The number of carboxylic acid groups (broad SMARTS) is 1. The number of fused-ring (bicyclic) bond motifs is 1. The van der Waals surface area contributed by atoms with Crippen molar-refractivity contribution in [3.05, 3.63) is 58.3 Å². The van der Waals surface area contributed by atoms with Crippen LogP contribution in [0.25, 0.3) is 10.2 Å². The number of hydrogen-bond acceptors (Lipinski definition) is 7. The average Bonchev–Trinajstić information content (AvgIpc) is 3.39. The average molecular weight is 411 g/mol. The van der Waals surface area contributed by atoms with Crippen LogP contribution in [0, 0.1) is 6.92 Å². The number of carbonyl (C=O) groups excluding carboxylic acids is 2. The van der Waals surface area contributed by atoms with E-state index < -0.39 is 17.8 Å². The Balaban J connectivity index is 1.59. The van der Waals surface area contributed by atoms with Gasteiger partial charge in [-0.3, -0.25) is 14.7 Å². The lowest BCUT2D eigenvalue weighted by atomic mass is 10.1. The maximum absolute atomic E-state index is 12.8. The predicted octanol–water partition coefficient (Wildman–Crippen LogP) is 3.12. The lowest BCUT2D eigenvalue weighted by molar-refractivity contribution is 0.0701. The van der Waals surface area contributed by atoms with Gasteiger partial charge in [-0.15, -0.1) is 11.3 Å². The molecule has 0 aliphatic rings. The van der Waals surface area contributed by atoms with Crippen molar-refractivity contribution < 1.29 is 24.0 Å². The number of aromatic carboxylic acids is 1. The Bertz CT molecular complexity index is 1250. The molecule has 10 nitrogen and oxygen atoms in total. The van der Waals surface area contributed by atoms with Gasteiger partial charge in [0.05, 0.1) is 22.8 Å². The fourth-order valence-electron chi connectivity index (χ4n) is 2.69. The van der Waals surface area contributed by atoms with Gasteiger partial charge in [0.2, 0.25) is 0 Å². The first-order chi connectivity index (χ1) is 13.9. The molecule has 0 spiro atoms. The molecule has 0 radical (unpaired) electrons. The van der Waals surface area contributed by atoms with E-state index in [1.54, 1.807) is 31.2 Å². The van der Waals surface area contributed by atoms with E-state index in [-0.39, 0.29) is 21.8 Å². The van der Waals surface area contributed by atoms with E-state index in [1.165, 1.54) is 12.3 Å². The second-order valence-corrected chi connectivity index (χ2v) is 7.01. The van der Waals surface area contributed by atoms with Crippen LogP contribution < -0.4 is 10.6 Å². The molecule has 0 saturated heterocycles. The number of aromatic amines is 1. The topological polar surface area (TPSA) is 150 Å². The molecule has 0 bridgehead atoms. The summed E-state index contributed by atoms with van der Waals surface area (Å²) in [4.78, 5) is 36.9. The third-order valence-electron chi connectivity index (χ3n) is 4.12. The van der Waals surface area contributed by atoms with Gasteiger partial charge in [-0.1, -0.05) is 17.3 Å². The molecular weight excluding hydrogens is 398 g/mol. The monoisotopic (exact) mass is 411 g/mol. The lowest BCUT2D eigenvalue weighted by Gasteiger charge is -2.10. The van der Waals surface area contributed by atoms with Gasteiger partial charge >= 0.3 is 5.97 Å². The largest absolute Gasteiger partial charge is 0.477 e. The summed E-state index contributed by atoms with van der Waals surface area (Å²) in [6, 6.07) is 7.91. The van der Waals surface area contributed by atoms with E-state index in [9.17, 15) is 14.4 Å². The SMILES string of the molecule is Cc1oncc1C(=O)Nc1ccccc1C(=O)Nc1[nH]nc2sc(C(=O)O)cc12. The zero-order valence-electron chi connectivity index (χ0n) is 14.8. The summed E-state index contributed by atoms with van der Waals surface area (Å²) in [6.45, 7) is 1.61. The second kappa shape index (κ2) is 7.20. The van der Waals surface area contributed by atoms with Crippen molar-refractivity contribution in [3.63, 3.8) is 0 Å². The maximum Gasteiger partial charge on any atom is 0.345 e. The van der Waals surface area contributed by atoms with Gasteiger partial charge in [-0.25, -0.2) is 4.79 Å². The third-order valence-corrected chi connectivity index (χ3v) is 5.13. The molecule has 0 saturated carbocycles. The zero-order valence-corrected chi connectivity index (χ0v) is 15.7. The van der Waals surface area contributed by atoms with E-state index in [4.69, 9.17) is 9.63 Å². The van der Waals surface area contributed by atoms with E-state index in [0.29, 0.717) is 21.7 Å². The number of aryl methyl sites for hydroxylation is 1. The highest BCUT2D eigenvalue weighted by Crippen LogP contribution is 2.30. The number of carboxylic acids is 1. The molecule has 4 rings (SSSR count). The molecular formula is C18H13N5O5S. The Morgan fingerprint density at radius 3 is 2.62 bits per heavy atom. The van der Waals surface area contributed by atoms with Crippen LogP contribution in [0.4, 0.5) is 11.5 Å². The fraction of sp³-hybridized carbons (Fsp3) is 0.0556. The summed E-state index contributed by atoms with van der Waals surface area (Å²) in [6.07, 6.45) is 1.30. The highest BCUT2D eigenvalue weighted by molar-refractivity contribution is 7.20. The first-order valence-electron chi connectivity index (χ1n) is 8.28. The Morgan fingerprint density at radius 2 is 1.90 bits per heavy atom. The summed E-state index contributed by atoms with van der Waals surface area (Å²) in [5.41, 5.74) is 0.768. The van der Waals surface area contributed by atoms with Crippen molar-refractivity contribution in [1.82, 2.24) is 15.4 Å². The molecule has 11 heteroatoms. The Morgan fingerprint density at radius 1 is 1.14 bits per heavy atom. The van der Waals surface area contributed by atoms with Gasteiger partial charge in [0, 0.05) is 0 Å². The minimum atomic E-state index is -1.07. The number of nitrogens with one attached hydrogen (secondary N) is 3.